The summed E-state index contributed by atoms with van der Waals surface area (Å²) in [6, 6.07) is 10.3. The first kappa shape index (κ1) is 11.9. The van der Waals surface area contributed by atoms with Gasteiger partial charge in [-0.05, 0) is 30.3 Å². The van der Waals surface area contributed by atoms with Gasteiger partial charge in [-0.25, -0.2) is 4.79 Å². The second kappa shape index (κ2) is 5.16. The molecule has 2 aromatic rings. The quantitative estimate of drug-likeness (QED) is 0.925. The van der Waals surface area contributed by atoms with Crippen LogP contribution in [0.3, 0.4) is 0 Å². The largest absolute Gasteiger partial charge is 0.476 e. The summed E-state index contributed by atoms with van der Waals surface area (Å²) < 4.78 is 0. The van der Waals surface area contributed by atoms with E-state index in [1.54, 1.807) is 18.2 Å². The van der Waals surface area contributed by atoms with Crippen molar-refractivity contribution in [1.82, 2.24) is 10.2 Å². The van der Waals surface area contributed by atoms with Gasteiger partial charge in [-0.2, -0.15) is 0 Å². The maximum Gasteiger partial charge on any atom is 0.356 e. The summed E-state index contributed by atoms with van der Waals surface area (Å²) in [7, 11) is 0. The fourth-order valence-corrected chi connectivity index (χ4v) is 2.19. The molecule has 0 amide bonds. The number of carbonyl (C=O) groups is 1. The Labute approximate surface area is 107 Å². The third kappa shape index (κ3) is 3.18. The van der Waals surface area contributed by atoms with Crippen LogP contribution in [0.4, 0.5) is 0 Å². The van der Waals surface area contributed by atoms with Crippen molar-refractivity contribution in [3.8, 4) is 0 Å². The highest BCUT2D eigenvalue weighted by molar-refractivity contribution is 7.99. The molecule has 1 N–H and O–H groups in total. The summed E-state index contributed by atoms with van der Waals surface area (Å²) in [6.07, 6.45) is 0. The van der Waals surface area contributed by atoms with E-state index in [1.807, 2.05) is 12.1 Å². The van der Waals surface area contributed by atoms with E-state index in [4.69, 9.17) is 16.7 Å². The van der Waals surface area contributed by atoms with Gasteiger partial charge in [0.15, 0.2) is 5.69 Å². The minimum Gasteiger partial charge on any atom is -0.476 e. The van der Waals surface area contributed by atoms with Crippen LogP contribution in [-0.4, -0.2) is 21.3 Å². The lowest BCUT2D eigenvalue weighted by atomic mass is 10.4. The molecule has 4 nitrogen and oxygen atoms in total. The highest BCUT2D eigenvalue weighted by atomic mass is 35.5. The molecular weight excluding hydrogens is 260 g/mol. The van der Waals surface area contributed by atoms with E-state index in [0.717, 1.165) is 4.90 Å². The van der Waals surface area contributed by atoms with Crippen molar-refractivity contribution in [3.63, 3.8) is 0 Å². The monoisotopic (exact) mass is 266 g/mol. The van der Waals surface area contributed by atoms with E-state index in [9.17, 15) is 4.79 Å². The Morgan fingerprint density at radius 3 is 2.65 bits per heavy atom. The zero-order valence-electron chi connectivity index (χ0n) is 8.50. The number of halogens is 1. The first-order valence-corrected chi connectivity index (χ1v) is 5.85. The molecule has 86 valence electrons. The van der Waals surface area contributed by atoms with Crippen LogP contribution < -0.4 is 0 Å². The predicted octanol–water partition coefficient (Wildman–Crippen LogP) is 2.98. The molecule has 0 fully saturated rings. The molecule has 0 radical (unpaired) electrons. The average Bonchev–Trinajstić information content (AvgIpc) is 2.29. The van der Waals surface area contributed by atoms with Crippen molar-refractivity contribution in [1.29, 1.82) is 0 Å². The van der Waals surface area contributed by atoms with Crippen molar-refractivity contribution < 1.29 is 9.90 Å². The summed E-state index contributed by atoms with van der Waals surface area (Å²) >= 11 is 7.22. The molecule has 0 aliphatic carbocycles. The molecule has 1 heterocycles. The molecule has 0 unspecified atom stereocenters. The smallest absolute Gasteiger partial charge is 0.356 e. The maximum atomic E-state index is 10.6. The number of carboxylic acids is 1. The number of nitrogens with zero attached hydrogens (tertiary/aromatic N) is 2. The van der Waals surface area contributed by atoms with Gasteiger partial charge in [0.1, 0.15) is 5.03 Å². The Morgan fingerprint density at radius 2 is 2.06 bits per heavy atom. The number of carboxylic acid groups (broad SMARTS) is 1. The van der Waals surface area contributed by atoms with E-state index in [1.165, 1.54) is 17.8 Å². The van der Waals surface area contributed by atoms with Crippen molar-refractivity contribution in [2.45, 2.75) is 9.92 Å². The lowest BCUT2D eigenvalue weighted by Gasteiger charge is -2.00. The molecule has 1 aromatic heterocycles. The van der Waals surface area contributed by atoms with Crippen LogP contribution in [0.25, 0.3) is 0 Å². The zero-order valence-corrected chi connectivity index (χ0v) is 10.1. The minimum atomic E-state index is -1.09. The SMILES string of the molecule is O=C(O)c1ccc(Sc2cccc(Cl)c2)nn1. The second-order valence-electron chi connectivity index (χ2n) is 3.12. The number of aromatic carboxylic acids is 1. The van der Waals surface area contributed by atoms with Gasteiger partial charge in [0.2, 0.25) is 0 Å². The van der Waals surface area contributed by atoms with Crippen molar-refractivity contribution in [3.05, 3.63) is 47.1 Å². The average molecular weight is 267 g/mol. The summed E-state index contributed by atoms with van der Waals surface area (Å²) in [5, 5.41) is 17.3. The molecule has 1 aromatic carbocycles. The van der Waals surface area contributed by atoms with Gasteiger partial charge in [-0.1, -0.05) is 29.4 Å². The van der Waals surface area contributed by atoms with Crippen LogP contribution in [0.2, 0.25) is 5.02 Å². The first-order chi connectivity index (χ1) is 8.15. The zero-order chi connectivity index (χ0) is 12.3. The topological polar surface area (TPSA) is 63.1 Å². The Balaban J connectivity index is 2.16. The van der Waals surface area contributed by atoms with E-state index in [-0.39, 0.29) is 5.69 Å². The maximum absolute atomic E-state index is 10.6. The normalized spacial score (nSPS) is 10.2. The summed E-state index contributed by atoms with van der Waals surface area (Å²) in [5.41, 5.74) is -0.0690. The third-order valence-electron chi connectivity index (χ3n) is 1.88. The van der Waals surface area contributed by atoms with Crippen molar-refractivity contribution in [2.75, 3.05) is 0 Å². The molecule has 0 saturated carbocycles. The van der Waals surface area contributed by atoms with Crippen molar-refractivity contribution >= 4 is 29.3 Å². The Bertz CT molecular complexity index is 545. The van der Waals surface area contributed by atoms with E-state index < -0.39 is 5.97 Å². The molecule has 0 aliphatic rings. The first-order valence-electron chi connectivity index (χ1n) is 4.65. The van der Waals surface area contributed by atoms with E-state index in [2.05, 4.69) is 10.2 Å². The number of hydrogen-bond acceptors (Lipinski definition) is 4. The number of aromatic nitrogens is 2. The van der Waals surface area contributed by atoms with E-state index >= 15 is 0 Å². The molecule has 0 atom stereocenters. The molecule has 0 bridgehead atoms. The van der Waals surface area contributed by atoms with Gasteiger partial charge in [-0.15, -0.1) is 10.2 Å². The fourth-order valence-electron chi connectivity index (χ4n) is 1.14. The van der Waals surface area contributed by atoms with Crippen LogP contribution in [0.5, 0.6) is 0 Å². The fraction of sp³-hybridized carbons (Fsp3) is 0. The minimum absolute atomic E-state index is 0.0690. The van der Waals surface area contributed by atoms with Crippen LogP contribution >= 0.6 is 23.4 Å². The number of benzene rings is 1. The Kier molecular flexibility index (Phi) is 3.61. The molecule has 0 spiro atoms. The van der Waals surface area contributed by atoms with Gasteiger partial charge in [0.25, 0.3) is 0 Å². The van der Waals surface area contributed by atoms with Crippen LogP contribution in [0.1, 0.15) is 10.5 Å². The molecule has 17 heavy (non-hydrogen) atoms. The molecule has 0 aliphatic heterocycles. The summed E-state index contributed by atoms with van der Waals surface area (Å²) in [5.74, 6) is -1.09. The van der Waals surface area contributed by atoms with Gasteiger partial charge in [0, 0.05) is 9.92 Å². The standard InChI is InChI=1S/C11H7ClN2O2S/c12-7-2-1-3-8(6-7)17-10-5-4-9(11(15)16)13-14-10/h1-6H,(H,15,16). The van der Waals surface area contributed by atoms with Gasteiger partial charge >= 0.3 is 5.97 Å². The van der Waals surface area contributed by atoms with Crippen LogP contribution in [0, 0.1) is 0 Å². The van der Waals surface area contributed by atoms with Crippen molar-refractivity contribution in [2.24, 2.45) is 0 Å². The molecular formula is C11H7ClN2O2S. The number of hydrogen-bond donors (Lipinski definition) is 1. The van der Waals surface area contributed by atoms with Gasteiger partial charge in [-0.3, -0.25) is 0 Å². The van der Waals surface area contributed by atoms with E-state index in [0.29, 0.717) is 10.0 Å². The second-order valence-corrected chi connectivity index (χ2v) is 4.65. The Hall–Kier alpha value is -1.59. The van der Waals surface area contributed by atoms with Crippen LogP contribution in [-0.2, 0) is 0 Å². The molecule has 0 saturated heterocycles. The highest BCUT2D eigenvalue weighted by Gasteiger charge is 2.06. The third-order valence-corrected chi connectivity index (χ3v) is 3.03. The lowest BCUT2D eigenvalue weighted by molar-refractivity contribution is 0.0689. The molecule has 2 rings (SSSR count). The Morgan fingerprint density at radius 1 is 1.24 bits per heavy atom. The van der Waals surface area contributed by atoms with Crippen LogP contribution in [0.15, 0.2) is 46.3 Å². The highest BCUT2D eigenvalue weighted by Crippen LogP contribution is 2.27. The molecule has 6 heteroatoms. The van der Waals surface area contributed by atoms with Gasteiger partial charge in [0.05, 0.1) is 0 Å². The summed E-state index contributed by atoms with van der Waals surface area (Å²) in [6.45, 7) is 0. The van der Waals surface area contributed by atoms with Gasteiger partial charge < -0.3 is 5.11 Å². The lowest BCUT2D eigenvalue weighted by Crippen LogP contribution is -2.01. The summed E-state index contributed by atoms with van der Waals surface area (Å²) in [4.78, 5) is 11.5. The predicted molar refractivity (Wildman–Crippen MR) is 64.6 cm³/mol. The number of rotatable bonds is 3.